The van der Waals surface area contributed by atoms with Gasteiger partial charge in [0, 0.05) is 24.4 Å². The summed E-state index contributed by atoms with van der Waals surface area (Å²) >= 11 is 0. The number of rotatable bonds is 4. The van der Waals surface area contributed by atoms with Crippen LogP contribution in [0.1, 0.15) is 15.9 Å². The highest BCUT2D eigenvalue weighted by Gasteiger charge is 2.26. The molecule has 130 valence electrons. The fraction of sp³-hybridized carbons (Fsp3) is 0.143. The zero-order valence-electron chi connectivity index (χ0n) is 14.0. The number of ether oxygens (including phenoxy) is 1. The van der Waals surface area contributed by atoms with Gasteiger partial charge in [-0.1, -0.05) is 30.3 Å². The lowest BCUT2D eigenvalue weighted by Gasteiger charge is -2.14. The number of hydrogen-bond acceptors (Lipinski definition) is 3. The molecule has 1 unspecified atom stereocenters. The summed E-state index contributed by atoms with van der Waals surface area (Å²) in [6.07, 6.45) is 4.01. The molecule has 1 aromatic heterocycles. The van der Waals surface area contributed by atoms with Gasteiger partial charge in [-0.15, -0.1) is 0 Å². The number of para-hydroxylation sites is 1. The number of hydrogen-bond donors (Lipinski definition) is 1. The zero-order chi connectivity index (χ0) is 17.9. The molecule has 2 aromatic carbocycles. The van der Waals surface area contributed by atoms with Gasteiger partial charge in [-0.25, -0.2) is 4.39 Å². The Labute approximate surface area is 150 Å². The van der Waals surface area contributed by atoms with Crippen molar-refractivity contribution >= 4 is 5.91 Å². The van der Waals surface area contributed by atoms with Crippen LogP contribution in [-0.4, -0.2) is 23.5 Å². The first-order valence-electron chi connectivity index (χ1n) is 8.44. The summed E-state index contributed by atoms with van der Waals surface area (Å²) in [4.78, 5) is 16.2. The predicted molar refractivity (Wildman–Crippen MR) is 96.5 cm³/mol. The molecule has 1 amide bonds. The topological polar surface area (TPSA) is 51.2 Å². The maximum absolute atomic E-state index is 13.7. The van der Waals surface area contributed by atoms with Crippen LogP contribution in [0.2, 0.25) is 0 Å². The Bertz CT molecular complexity index is 944. The Morgan fingerprint density at radius 2 is 1.92 bits per heavy atom. The molecule has 2 heterocycles. The molecule has 0 saturated carbocycles. The largest absolute Gasteiger partial charge is 0.487 e. The monoisotopic (exact) mass is 348 g/mol. The lowest BCUT2D eigenvalue weighted by molar-refractivity contribution is 0.0929. The standard InChI is InChI=1S/C21H17FN2O2/c22-19-7-2-1-5-18(19)21(25)24-13-16-12-15-4-3-6-17(20(15)26-16)14-8-10-23-11-9-14/h1-11,16H,12-13H2,(H,24,25). The van der Waals surface area contributed by atoms with Crippen molar-refractivity contribution in [3.8, 4) is 16.9 Å². The molecule has 0 aliphatic carbocycles. The number of amides is 1. The first-order valence-corrected chi connectivity index (χ1v) is 8.44. The van der Waals surface area contributed by atoms with Gasteiger partial charge in [-0.3, -0.25) is 9.78 Å². The molecule has 0 spiro atoms. The molecule has 1 atom stereocenters. The van der Waals surface area contributed by atoms with Crippen molar-refractivity contribution in [3.05, 3.63) is 83.9 Å². The Balaban J connectivity index is 1.46. The average Bonchev–Trinajstić information content (AvgIpc) is 3.10. The molecule has 0 saturated heterocycles. The van der Waals surface area contributed by atoms with E-state index in [1.54, 1.807) is 24.5 Å². The van der Waals surface area contributed by atoms with Crippen LogP contribution in [0.15, 0.2) is 67.0 Å². The van der Waals surface area contributed by atoms with E-state index in [-0.39, 0.29) is 11.7 Å². The molecular weight excluding hydrogens is 331 g/mol. The SMILES string of the molecule is O=C(NCC1Cc2cccc(-c3ccncc3)c2O1)c1ccccc1F. The van der Waals surface area contributed by atoms with Crippen LogP contribution < -0.4 is 10.1 Å². The fourth-order valence-electron chi connectivity index (χ4n) is 3.16. The quantitative estimate of drug-likeness (QED) is 0.783. The number of carbonyl (C=O) groups is 1. The third-order valence-corrected chi connectivity index (χ3v) is 4.43. The Morgan fingerprint density at radius 3 is 2.73 bits per heavy atom. The maximum Gasteiger partial charge on any atom is 0.254 e. The van der Waals surface area contributed by atoms with Crippen molar-refractivity contribution in [1.82, 2.24) is 10.3 Å². The minimum absolute atomic E-state index is 0.0421. The number of benzene rings is 2. The first-order chi connectivity index (χ1) is 12.7. The van der Waals surface area contributed by atoms with E-state index in [4.69, 9.17) is 4.74 Å². The van der Waals surface area contributed by atoms with Crippen LogP contribution in [0.5, 0.6) is 5.75 Å². The molecule has 26 heavy (non-hydrogen) atoms. The molecule has 0 bridgehead atoms. The molecule has 1 aliphatic heterocycles. The highest BCUT2D eigenvalue weighted by atomic mass is 19.1. The normalized spacial score (nSPS) is 15.2. The minimum atomic E-state index is -0.527. The van der Waals surface area contributed by atoms with Gasteiger partial charge in [0.1, 0.15) is 17.7 Å². The van der Waals surface area contributed by atoms with Crippen LogP contribution in [-0.2, 0) is 6.42 Å². The fourth-order valence-corrected chi connectivity index (χ4v) is 3.16. The number of carbonyl (C=O) groups excluding carboxylic acids is 1. The molecule has 4 rings (SSSR count). The second-order valence-corrected chi connectivity index (χ2v) is 6.16. The van der Waals surface area contributed by atoms with Gasteiger partial charge in [0.25, 0.3) is 5.91 Å². The van der Waals surface area contributed by atoms with Crippen molar-refractivity contribution < 1.29 is 13.9 Å². The van der Waals surface area contributed by atoms with Crippen LogP contribution in [0.3, 0.4) is 0 Å². The van der Waals surface area contributed by atoms with Crippen molar-refractivity contribution in [1.29, 1.82) is 0 Å². The van der Waals surface area contributed by atoms with Crippen molar-refractivity contribution in [3.63, 3.8) is 0 Å². The second-order valence-electron chi connectivity index (χ2n) is 6.16. The number of fused-ring (bicyclic) bond motifs is 1. The van der Waals surface area contributed by atoms with E-state index in [2.05, 4.69) is 10.3 Å². The van der Waals surface area contributed by atoms with E-state index in [9.17, 15) is 9.18 Å². The van der Waals surface area contributed by atoms with E-state index in [1.165, 1.54) is 12.1 Å². The number of nitrogens with zero attached hydrogens (tertiary/aromatic N) is 1. The van der Waals surface area contributed by atoms with Crippen molar-refractivity contribution in [2.24, 2.45) is 0 Å². The predicted octanol–water partition coefficient (Wildman–Crippen LogP) is 3.62. The first kappa shape index (κ1) is 16.3. The average molecular weight is 348 g/mol. The lowest BCUT2D eigenvalue weighted by atomic mass is 10.0. The molecule has 1 aliphatic rings. The van der Waals surface area contributed by atoms with Crippen LogP contribution in [0, 0.1) is 5.82 Å². The van der Waals surface area contributed by atoms with E-state index in [0.717, 1.165) is 22.4 Å². The summed E-state index contributed by atoms with van der Waals surface area (Å²) in [5.41, 5.74) is 3.19. The zero-order valence-corrected chi connectivity index (χ0v) is 14.0. The van der Waals surface area contributed by atoms with Crippen molar-refractivity contribution in [2.75, 3.05) is 6.54 Å². The summed E-state index contributed by atoms with van der Waals surface area (Å²) in [5.74, 6) is -0.124. The Morgan fingerprint density at radius 1 is 1.12 bits per heavy atom. The molecule has 1 N–H and O–H groups in total. The lowest BCUT2D eigenvalue weighted by Crippen LogP contribution is -2.34. The number of aromatic nitrogens is 1. The van der Waals surface area contributed by atoms with Crippen LogP contribution >= 0.6 is 0 Å². The highest BCUT2D eigenvalue weighted by Crippen LogP contribution is 2.38. The summed E-state index contributed by atoms with van der Waals surface area (Å²) < 4.78 is 19.8. The molecule has 0 fully saturated rings. The van der Waals surface area contributed by atoms with Crippen LogP contribution in [0.25, 0.3) is 11.1 Å². The smallest absolute Gasteiger partial charge is 0.254 e. The third kappa shape index (κ3) is 3.16. The Hall–Kier alpha value is -3.21. The second kappa shape index (κ2) is 6.96. The number of halogens is 1. The van der Waals surface area contributed by atoms with Gasteiger partial charge in [-0.05, 0) is 35.4 Å². The van der Waals surface area contributed by atoms with Gasteiger partial charge < -0.3 is 10.1 Å². The third-order valence-electron chi connectivity index (χ3n) is 4.43. The van der Waals surface area contributed by atoms with Gasteiger partial charge in [-0.2, -0.15) is 0 Å². The van der Waals surface area contributed by atoms with Crippen molar-refractivity contribution in [2.45, 2.75) is 12.5 Å². The summed E-state index contributed by atoms with van der Waals surface area (Å²) in [5, 5.41) is 2.76. The van der Waals surface area contributed by atoms with E-state index in [1.807, 2.05) is 30.3 Å². The van der Waals surface area contributed by atoms with Crippen LogP contribution in [0.4, 0.5) is 4.39 Å². The van der Waals surface area contributed by atoms with E-state index < -0.39 is 11.7 Å². The van der Waals surface area contributed by atoms with E-state index >= 15 is 0 Å². The highest BCUT2D eigenvalue weighted by molar-refractivity contribution is 5.94. The van der Waals surface area contributed by atoms with Gasteiger partial charge in [0.2, 0.25) is 0 Å². The Kier molecular flexibility index (Phi) is 4.35. The van der Waals surface area contributed by atoms with E-state index in [0.29, 0.717) is 13.0 Å². The molecular formula is C21H17FN2O2. The molecule has 4 nitrogen and oxygen atoms in total. The molecule has 3 aromatic rings. The molecule has 5 heteroatoms. The minimum Gasteiger partial charge on any atom is -0.487 e. The summed E-state index contributed by atoms with van der Waals surface area (Å²) in [7, 11) is 0. The summed E-state index contributed by atoms with van der Waals surface area (Å²) in [6, 6.07) is 15.8. The maximum atomic E-state index is 13.7. The summed E-state index contributed by atoms with van der Waals surface area (Å²) in [6.45, 7) is 0.317. The molecule has 0 radical (unpaired) electrons. The van der Waals surface area contributed by atoms with Gasteiger partial charge in [0.05, 0.1) is 12.1 Å². The van der Waals surface area contributed by atoms with Gasteiger partial charge in [0.15, 0.2) is 0 Å². The number of pyridine rings is 1. The van der Waals surface area contributed by atoms with Gasteiger partial charge >= 0.3 is 0 Å². The number of nitrogens with one attached hydrogen (secondary N) is 1.